The van der Waals surface area contributed by atoms with E-state index in [2.05, 4.69) is 10.9 Å². The fraction of sp³-hybridized carbons (Fsp3) is 0.0909. The minimum atomic E-state index is -0.272. The number of aryl methyl sites for hydroxylation is 1. The summed E-state index contributed by atoms with van der Waals surface area (Å²) in [6.07, 6.45) is 0.250. The predicted octanol–water partition coefficient (Wildman–Crippen LogP) is 1.89. The summed E-state index contributed by atoms with van der Waals surface area (Å²) in [5.74, 6) is 0.323. The van der Waals surface area contributed by atoms with Crippen LogP contribution >= 0.6 is 0 Å². The topological polar surface area (TPSA) is 69.1 Å². The Bertz CT molecular complexity index is 469. The fourth-order valence-corrected chi connectivity index (χ4v) is 1.14. The molecule has 1 aromatic carbocycles. The maximum absolute atomic E-state index is 12.8. The van der Waals surface area contributed by atoms with Gasteiger partial charge in [0.05, 0.1) is 5.69 Å². The van der Waals surface area contributed by atoms with Crippen molar-refractivity contribution in [2.45, 2.75) is 6.92 Å². The molecule has 0 saturated carbocycles. The molecular formula is C11H11FN2O2. The Hall–Kier alpha value is -2.17. The van der Waals surface area contributed by atoms with Crippen LogP contribution in [0.15, 0.2) is 34.9 Å². The van der Waals surface area contributed by atoms with Gasteiger partial charge >= 0.3 is 0 Å². The number of primary amides is 1. The molecule has 0 saturated heterocycles. The van der Waals surface area contributed by atoms with Crippen molar-refractivity contribution < 1.29 is 13.7 Å². The second-order valence-corrected chi connectivity index (χ2v) is 2.98. The minimum Gasteiger partial charge on any atom is -0.372 e. The molecule has 5 heteroatoms. The Morgan fingerprint density at radius 1 is 1.44 bits per heavy atom. The van der Waals surface area contributed by atoms with Gasteiger partial charge in [-0.15, -0.1) is 0 Å². The molecular weight excluding hydrogens is 211 g/mol. The van der Waals surface area contributed by atoms with Gasteiger partial charge in [-0.3, -0.25) is 4.79 Å². The molecule has 2 aromatic rings. The number of nitrogens with zero attached hydrogens (tertiary/aromatic N) is 1. The lowest BCUT2D eigenvalue weighted by Crippen LogP contribution is -1.82. The smallest absolute Gasteiger partial charge is 0.204 e. The highest BCUT2D eigenvalue weighted by Crippen LogP contribution is 2.20. The summed E-state index contributed by atoms with van der Waals surface area (Å²) in [6.45, 7) is 1.83. The van der Waals surface area contributed by atoms with Crippen molar-refractivity contribution in [3.8, 4) is 11.3 Å². The van der Waals surface area contributed by atoms with Gasteiger partial charge < -0.3 is 10.3 Å². The molecule has 4 nitrogen and oxygen atoms in total. The minimum absolute atomic E-state index is 0.250. The summed E-state index contributed by atoms with van der Waals surface area (Å²) in [7, 11) is 0. The summed E-state index contributed by atoms with van der Waals surface area (Å²) >= 11 is 0. The van der Waals surface area contributed by atoms with Gasteiger partial charge in [0.15, 0.2) is 5.76 Å². The molecule has 1 amide bonds. The second-order valence-electron chi connectivity index (χ2n) is 2.98. The van der Waals surface area contributed by atoms with E-state index in [9.17, 15) is 4.39 Å². The third-order valence-corrected chi connectivity index (χ3v) is 1.74. The van der Waals surface area contributed by atoms with Crippen molar-refractivity contribution >= 4 is 6.41 Å². The fourth-order valence-electron chi connectivity index (χ4n) is 1.14. The highest BCUT2D eigenvalue weighted by molar-refractivity contribution is 5.56. The van der Waals surface area contributed by atoms with E-state index < -0.39 is 0 Å². The number of amides is 1. The predicted molar refractivity (Wildman–Crippen MR) is 56.9 cm³/mol. The summed E-state index contributed by atoms with van der Waals surface area (Å²) in [5, 5.41) is 3.73. The molecule has 0 fully saturated rings. The van der Waals surface area contributed by atoms with Crippen LogP contribution in [-0.2, 0) is 4.79 Å². The SMILES string of the molecule is Cc1cc(-c2cccc(F)c2)on1.NC=O. The Morgan fingerprint density at radius 2 is 2.12 bits per heavy atom. The van der Waals surface area contributed by atoms with Gasteiger partial charge in [0, 0.05) is 11.6 Å². The summed E-state index contributed by atoms with van der Waals surface area (Å²) in [6, 6.07) is 8.01. The molecule has 0 aliphatic rings. The number of benzene rings is 1. The van der Waals surface area contributed by atoms with Crippen LogP contribution in [0, 0.1) is 12.7 Å². The first-order chi connectivity index (χ1) is 7.67. The average molecular weight is 222 g/mol. The van der Waals surface area contributed by atoms with E-state index in [0.717, 1.165) is 5.69 Å². The number of rotatable bonds is 1. The Balaban J connectivity index is 0.000000386. The first-order valence-corrected chi connectivity index (χ1v) is 4.52. The average Bonchev–Trinajstić information content (AvgIpc) is 2.66. The van der Waals surface area contributed by atoms with Crippen LogP contribution in [0.3, 0.4) is 0 Å². The molecule has 0 radical (unpaired) electrons. The van der Waals surface area contributed by atoms with Gasteiger partial charge in [0.1, 0.15) is 5.82 Å². The zero-order valence-electron chi connectivity index (χ0n) is 8.68. The monoisotopic (exact) mass is 222 g/mol. The number of halogens is 1. The quantitative estimate of drug-likeness (QED) is 0.749. The second kappa shape index (κ2) is 5.65. The van der Waals surface area contributed by atoms with E-state index in [1.54, 1.807) is 18.2 Å². The molecule has 16 heavy (non-hydrogen) atoms. The first kappa shape index (κ1) is 11.9. The zero-order valence-corrected chi connectivity index (χ0v) is 8.68. The van der Waals surface area contributed by atoms with Crippen molar-refractivity contribution in [1.82, 2.24) is 5.16 Å². The molecule has 0 unspecified atom stereocenters. The van der Waals surface area contributed by atoms with Gasteiger partial charge in [-0.1, -0.05) is 17.3 Å². The molecule has 0 bridgehead atoms. The van der Waals surface area contributed by atoms with Crippen LogP contribution in [0.5, 0.6) is 0 Å². The third-order valence-electron chi connectivity index (χ3n) is 1.74. The summed E-state index contributed by atoms with van der Waals surface area (Å²) in [4.78, 5) is 8.58. The number of nitrogens with two attached hydrogens (primary N) is 1. The molecule has 1 aromatic heterocycles. The molecule has 0 aliphatic carbocycles. The maximum Gasteiger partial charge on any atom is 0.204 e. The van der Waals surface area contributed by atoms with Crippen LogP contribution in [0.4, 0.5) is 4.39 Å². The van der Waals surface area contributed by atoms with Crippen molar-refractivity contribution in [3.05, 3.63) is 41.8 Å². The lowest BCUT2D eigenvalue weighted by Gasteiger charge is -1.93. The molecule has 2 rings (SSSR count). The van der Waals surface area contributed by atoms with E-state index in [0.29, 0.717) is 11.3 Å². The lowest BCUT2D eigenvalue weighted by molar-refractivity contribution is -0.106. The van der Waals surface area contributed by atoms with Gasteiger partial charge in [-0.05, 0) is 19.1 Å². The van der Waals surface area contributed by atoms with Crippen LogP contribution in [-0.4, -0.2) is 11.6 Å². The molecule has 2 N–H and O–H groups in total. The zero-order chi connectivity index (χ0) is 12.0. The molecule has 0 spiro atoms. The van der Waals surface area contributed by atoms with E-state index >= 15 is 0 Å². The van der Waals surface area contributed by atoms with E-state index in [1.165, 1.54) is 12.1 Å². The van der Waals surface area contributed by atoms with E-state index in [4.69, 9.17) is 9.32 Å². The van der Waals surface area contributed by atoms with Gasteiger partial charge in [-0.25, -0.2) is 4.39 Å². The molecule has 0 aliphatic heterocycles. The van der Waals surface area contributed by atoms with Crippen molar-refractivity contribution in [2.75, 3.05) is 0 Å². The van der Waals surface area contributed by atoms with Crippen LogP contribution in [0.2, 0.25) is 0 Å². The van der Waals surface area contributed by atoms with Crippen LogP contribution in [0.25, 0.3) is 11.3 Å². The van der Waals surface area contributed by atoms with Crippen LogP contribution in [0.1, 0.15) is 5.69 Å². The van der Waals surface area contributed by atoms with E-state index in [-0.39, 0.29) is 12.2 Å². The van der Waals surface area contributed by atoms with Gasteiger partial charge in [0.2, 0.25) is 6.41 Å². The van der Waals surface area contributed by atoms with Crippen LogP contribution < -0.4 is 5.73 Å². The first-order valence-electron chi connectivity index (χ1n) is 4.52. The highest BCUT2D eigenvalue weighted by atomic mass is 19.1. The Kier molecular flexibility index (Phi) is 4.20. The molecule has 84 valence electrons. The molecule has 1 heterocycles. The molecule has 0 atom stereocenters. The largest absolute Gasteiger partial charge is 0.372 e. The summed E-state index contributed by atoms with van der Waals surface area (Å²) in [5.41, 5.74) is 5.67. The summed E-state index contributed by atoms with van der Waals surface area (Å²) < 4.78 is 17.8. The van der Waals surface area contributed by atoms with E-state index in [1.807, 2.05) is 6.92 Å². The van der Waals surface area contributed by atoms with Gasteiger partial charge in [-0.2, -0.15) is 0 Å². The Morgan fingerprint density at radius 3 is 2.62 bits per heavy atom. The Labute approximate surface area is 91.9 Å². The highest BCUT2D eigenvalue weighted by Gasteiger charge is 2.03. The number of carbonyl (C=O) groups is 1. The normalized spacial score (nSPS) is 9.12. The number of aromatic nitrogens is 1. The van der Waals surface area contributed by atoms with Gasteiger partial charge in [0.25, 0.3) is 0 Å². The standard InChI is InChI=1S/C10H8FNO.CH3NO/c1-7-5-10(13-12-7)8-3-2-4-9(11)6-8;2-1-3/h2-6H,1H3;1H,(H2,2,3). The lowest BCUT2D eigenvalue weighted by atomic mass is 10.1. The van der Waals surface area contributed by atoms with Crippen molar-refractivity contribution in [1.29, 1.82) is 0 Å². The van der Waals surface area contributed by atoms with Crippen molar-refractivity contribution in [3.63, 3.8) is 0 Å². The third kappa shape index (κ3) is 3.20. The number of hydrogen-bond acceptors (Lipinski definition) is 3. The number of carbonyl (C=O) groups excluding carboxylic acids is 1. The van der Waals surface area contributed by atoms with Crippen molar-refractivity contribution in [2.24, 2.45) is 5.73 Å². The number of hydrogen-bond donors (Lipinski definition) is 1. The maximum atomic E-state index is 12.8.